The van der Waals surface area contributed by atoms with Crippen molar-refractivity contribution in [2.45, 2.75) is 31.9 Å². The van der Waals surface area contributed by atoms with E-state index in [0.29, 0.717) is 13.1 Å². The molecular weight excluding hydrogens is 198 g/mol. The fourth-order valence-corrected chi connectivity index (χ4v) is 2.49. The molecule has 0 aliphatic carbocycles. The van der Waals surface area contributed by atoms with Crippen LogP contribution in [0.2, 0.25) is 0 Å². The van der Waals surface area contributed by atoms with Crippen LogP contribution in [0.4, 0.5) is 0 Å². The van der Waals surface area contributed by atoms with E-state index in [4.69, 9.17) is 6.42 Å². The lowest BCUT2D eigenvalue weighted by Crippen LogP contribution is -2.32. The van der Waals surface area contributed by atoms with Crippen molar-refractivity contribution in [3.05, 3.63) is 0 Å². The van der Waals surface area contributed by atoms with E-state index in [0.717, 1.165) is 12.8 Å². The molecule has 0 aliphatic heterocycles. The molecule has 1 atom stereocenters. The molecule has 14 heavy (non-hydrogen) atoms. The Morgan fingerprint density at radius 2 is 2.14 bits per heavy atom. The molecule has 1 unspecified atom stereocenters. The Morgan fingerprint density at radius 3 is 2.64 bits per heavy atom. The molecule has 0 aromatic carbocycles. The van der Waals surface area contributed by atoms with E-state index in [2.05, 4.69) is 11.2 Å². The molecule has 0 radical (unpaired) electrons. The van der Waals surface area contributed by atoms with Gasteiger partial charge in [0.2, 0.25) is 0 Å². The molecule has 1 N–H and O–H groups in total. The predicted molar refractivity (Wildman–Crippen MR) is 59.9 cm³/mol. The van der Waals surface area contributed by atoms with Gasteiger partial charge in [0, 0.05) is 6.54 Å². The van der Waals surface area contributed by atoms with Crippen molar-refractivity contribution >= 4 is 9.84 Å². The summed E-state index contributed by atoms with van der Waals surface area (Å²) in [6, 6.07) is 0. The summed E-state index contributed by atoms with van der Waals surface area (Å²) < 4.78 is 23.2. The van der Waals surface area contributed by atoms with Crippen LogP contribution in [0.1, 0.15) is 26.7 Å². The first-order chi connectivity index (χ1) is 6.54. The summed E-state index contributed by atoms with van der Waals surface area (Å²) in [7, 11) is -2.93. The molecule has 4 heteroatoms. The van der Waals surface area contributed by atoms with Crippen LogP contribution >= 0.6 is 0 Å². The van der Waals surface area contributed by atoms with Crippen LogP contribution in [0.25, 0.3) is 0 Å². The quantitative estimate of drug-likeness (QED) is 0.507. The number of hydrogen-bond acceptors (Lipinski definition) is 3. The molecule has 0 bridgehead atoms. The van der Waals surface area contributed by atoms with E-state index < -0.39 is 9.84 Å². The number of hydrogen-bond donors (Lipinski definition) is 1. The number of rotatable bonds is 7. The zero-order valence-corrected chi connectivity index (χ0v) is 9.73. The van der Waals surface area contributed by atoms with Crippen molar-refractivity contribution in [3.63, 3.8) is 0 Å². The fourth-order valence-electron chi connectivity index (χ4n) is 1.02. The van der Waals surface area contributed by atoms with E-state index in [1.54, 1.807) is 6.92 Å². The summed E-state index contributed by atoms with van der Waals surface area (Å²) in [6.07, 6.45) is 6.69. The molecule has 0 aliphatic rings. The first kappa shape index (κ1) is 13.5. The standard InChI is InChI=1S/C10H19NO2S/c1-4-6-8-14(12,13)10(3)9-11-7-5-2/h2,10-11H,4,6-9H2,1,3H3. The monoisotopic (exact) mass is 217 g/mol. The Morgan fingerprint density at radius 1 is 1.50 bits per heavy atom. The minimum absolute atomic E-state index is 0.280. The highest BCUT2D eigenvalue weighted by atomic mass is 32.2. The first-order valence-corrected chi connectivity index (χ1v) is 6.62. The Bertz CT molecular complexity index is 277. The van der Waals surface area contributed by atoms with E-state index in [-0.39, 0.29) is 11.0 Å². The summed E-state index contributed by atoms with van der Waals surface area (Å²) in [5.41, 5.74) is 0. The average molecular weight is 217 g/mol. The molecule has 82 valence electrons. The highest BCUT2D eigenvalue weighted by Gasteiger charge is 2.19. The molecule has 0 saturated carbocycles. The van der Waals surface area contributed by atoms with Crippen LogP contribution in [0, 0.1) is 12.3 Å². The van der Waals surface area contributed by atoms with Crippen molar-refractivity contribution in [2.75, 3.05) is 18.8 Å². The SMILES string of the molecule is C#CCNCC(C)S(=O)(=O)CCCC. The molecule has 0 amide bonds. The molecule has 0 saturated heterocycles. The second-order valence-corrected chi connectivity index (χ2v) is 5.90. The Labute approximate surface area is 87.2 Å². The summed E-state index contributed by atoms with van der Waals surface area (Å²) >= 11 is 0. The highest BCUT2D eigenvalue weighted by Crippen LogP contribution is 2.04. The first-order valence-electron chi connectivity index (χ1n) is 4.90. The lowest BCUT2D eigenvalue weighted by Gasteiger charge is -2.12. The van der Waals surface area contributed by atoms with Gasteiger partial charge in [-0.1, -0.05) is 19.3 Å². The van der Waals surface area contributed by atoms with Gasteiger partial charge in [-0.05, 0) is 13.3 Å². The minimum atomic E-state index is -2.93. The van der Waals surface area contributed by atoms with Crippen molar-refractivity contribution in [2.24, 2.45) is 0 Å². The van der Waals surface area contributed by atoms with Crippen molar-refractivity contribution in [3.8, 4) is 12.3 Å². The molecule has 0 aromatic rings. The van der Waals surface area contributed by atoms with Crippen LogP contribution in [-0.4, -0.2) is 32.5 Å². The molecule has 0 spiro atoms. The average Bonchev–Trinajstić information content (AvgIpc) is 2.15. The Hall–Kier alpha value is -0.530. The maximum absolute atomic E-state index is 11.6. The van der Waals surface area contributed by atoms with Crippen molar-refractivity contribution < 1.29 is 8.42 Å². The maximum atomic E-state index is 11.6. The number of unbranched alkanes of at least 4 members (excludes halogenated alkanes) is 1. The van der Waals surface area contributed by atoms with Crippen LogP contribution < -0.4 is 5.32 Å². The summed E-state index contributed by atoms with van der Waals surface area (Å²) in [5.74, 6) is 2.69. The highest BCUT2D eigenvalue weighted by molar-refractivity contribution is 7.92. The molecule has 0 fully saturated rings. The van der Waals surface area contributed by atoms with Gasteiger partial charge >= 0.3 is 0 Å². The fraction of sp³-hybridized carbons (Fsp3) is 0.800. The third kappa shape index (κ3) is 5.25. The molecule has 0 rings (SSSR count). The molecule has 3 nitrogen and oxygen atoms in total. The maximum Gasteiger partial charge on any atom is 0.154 e. The van der Waals surface area contributed by atoms with Gasteiger partial charge in [0.05, 0.1) is 17.5 Å². The van der Waals surface area contributed by atoms with Gasteiger partial charge in [-0.2, -0.15) is 0 Å². The van der Waals surface area contributed by atoms with Gasteiger partial charge in [0.25, 0.3) is 0 Å². The van der Waals surface area contributed by atoms with E-state index in [1.165, 1.54) is 0 Å². The Kier molecular flexibility index (Phi) is 6.60. The van der Waals surface area contributed by atoms with E-state index in [9.17, 15) is 8.42 Å². The zero-order valence-electron chi connectivity index (χ0n) is 8.91. The van der Waals surface area contributed by atoms with E-state index in [1.807, 2.05) is 6.92 Å². The number of nitrogens with one attached hydrogen (secondary N) is 1. The van der Waals surface area contributed by atoms with Gasteiger partial charge in [0.15, 0.2) is 9.84 Å². The van der Waals surface area contributed by atoms with Gasteiger partial charge in [-0.25, -0.2) is 8.42 Å². The van der Waals surface area contributed by atoms with Crippen molar-refractivity contribution in [1.82, 2.24) is 5.32 Å². The molecular formula is C10H19NO2S. The zero-order chi connectivity index (χ0) is 11.0. The van der Waals surface area contributed by atoms with Crippen LogP contribution in [0.15, 0.2) is 0 Å². The van der Waals surface area contributed by atoms with Gasteiger partial charge in [0.1, 0.15) is 0 Å². The van der Waals surface area contributed by atoms with Gasteiger partial charge in [-0.3, -0.25) is 0 Å². The third-order valence-electron chi connectivity index (χ3n) is 2.05. The summed E-state index contributed by atoms with van der Waals surface area (Å²) in [6.45, 7) is 4.56. The van der Waals surface area contributed by atoms with Crippen LogP contribution in [0.5, 0.6) is 0 Å². The summed E-state index contributed by atoms with van der Waals surface area (Å²) in [5, 5.41) is 2.56. The Balaban J connectivity index is 3.96. The normalized spacial score (nSPS) is 13.5. The minimum Gasteiger partial charge on any atom is -0.305 e. The lowest BCUT2D eigenvalue weighted by atomic mass is 10.4. The van der Waals surface area contributed by atoms with Crippen molar-refractivity contribution in [1.29, 1.82) is 0 Å². The topological polar surface area (TPSA) is 46.2 Å². The molecule has 0 heterocycles. The number of terminal acetylenes is 1. The van der Waals surface area contributed by atoms with Crippen LogP contribution in [-0.2, 0) is 9.84 Å². The van der Waals surface area contributed by atoms with Gasteiger partial charge in [-0.15, -0.1) is 6.42 Å². The third-order valence-corrected chi connectivity index (χ3v) is 4.30. The van der Waals surface area contributed by atoms with E-state index >= 15 is 0 Å². The lowest BCUT2D eigenvalue weighted by molar-refractivity contribution is 0.573. The largest absolute Gasteiger partial charge is 0.305 e. The van der Waals surface area contributed by atoms with Gasteiger partial charge < -0.3 is 5.32 Å². The molecule has 0 aromatic heterocycles. The second kappa shape index (κ2) is 6.86. The predicted octanol–water partition coefficient (Wildman–Crippen LogP) is 0.813. The second-order valence-electron chi connectivity index (χ2n) is 3.37. The smallest absolute Gasteiger partial charge is 0.154 e. The van der Waals surface area contributed by atoms with Crippen LogP contribution in [0.3, 0.4) is 0 Å². The summed E-state index contributed by atoms with van der Waals surface area (Å²) in [4.78, 5) is 0. The number of sulfone groups is 1.